The van der Waals surface area contributed by atoms with Crippen LogP contribution in [-0.4, -0.2) is 17.9 Å². The van der Waals surface area contributed by atoms with E-state index in [1.807, 2.05) is 49.4 Å². The molecule has 0 atom stereocenters. The van der Waals surface area contributed by atoms with Gasteiger partial charge >= 0.3 is 0 Å². The summed E-state index contributed by atoms with van der Waals surface area (Å²) in [7, 11) is 1.80. The van der Waals surface area contributed by atoms with Gasteiger partial charge in [-0.05, 0) is 52.7 Å². The fraction of sp³-hybridized carbons (Fsp3) is 0.188. The van der Waals surface area contributed by atoms with Gasteiger partial charge in [0.05, 0.1) is 5.56 Å². The average Bonchev–Trinajstić information content (AvgIpc) is 2.43. The smallest absolute Gasteiger partial charge is 0.255 e. The molecule has 0 bridgehead atoms. The fourth-order valence-electron chi connectivity index (χ4n) is 1.94. The average molecular weight is 353 g/mol. The van der Waals surface area contributed by atoms with Gasteiger partial charge in [-0.25, -0.2) is 0 Å². The molecule has 104 valence electrons. The number of benzene rings is 2. The summed E-state index contributed by atoms with van der Waals surface area (Å²) < 4.78 is 0.816. The van der Waals surface area contributed by atoms with Crippen LogP contribution in [-0.2, 0) is 6.54 Å². The van der Waals surface area contributed by atoms with E-state index in [4.69, 9.17) is 11.6 Å². The predicted octanol–water partition coefficient (Wildman–Crippen LogP) is 4.68. The molecule has 0 saturated heterocycles. The van der Waals surface area contributed by atoms with Crippen molar-refractivity contribution >= 4 is 33.4 Å². The molecule has 0 heterocycles. The molecule has 20 heavy (non-hydrogen) atoms. The van der Waals surface area contributed by atoms with Crippen LogP contribution >= 0.6 is 27.5 Å². The largest absolute Gasteiger partial charge is 0.337 e. The van der Waals surface area contributed by atoms with E-state index in [0.717, 1.165) is 15.6 Å². The number of rotatable bonds is 3. The van der Waals surface area contributed by atoms with E-state index in [1.54, 1.807) is 11.9 Å². The Morgan fingerprint density at radius 3 is 2.50 bits per heavy atom. The van der Waals surface area contributed by atoms with Crippen molar-refractivity contribution < 1.29 is 4.79 Å². The Hall–Kier alpha value is -1.32. The van der Waals surface area contributed by atoms with E-state index < -0.39 is 0 Å². The number of aryl methyl sites for hydroxylation is 1. The highest BCUT2D eigenvalue weighted by Gasteiger charge is 2.15. The molecule has 0 unspecified atom stereocenters. The zero-order chi connectivity index (χ0) is 14.7. The predicted molar refractivity (Wildman–Crippen MR) is 86.1 cm³/mol. The first-order chi connectivity index (χ1) is 9.47. The monoisotopic (exact) mass is 351 g/mol. The van der Waals surface area contributed by atoms with Crippen LogP contribution in [0, 0.1) is 6.92 Å². The summed E-state index contributed by atoms with van der Waals surface area (Å²) in [6, 6.07) is 13.3. The third-order valence-electron chi connectivity index (χ3n) is 3.03. The molecule has 1 amide bonds. The van der Waals surface area contributed by atoms with Gasteiger partial charge in [0.1, 0.15) is 0 Å². The standard InChI is InChI=1S/C16H15BrClNO/c1-11-3-8-15(17)14(9-11)16(20)19(2)10-12-4-6-13(18)7-5-12/h3-9H,10H2,1-2H3. The maximum absolute atomic E-state index is 12.5. The molecule has 2 nitrogen and oxygen atoms in total. The lowest BCUT2D eigenvalue weighted by atomic mass is 10.1. The second-order valence-corrected chi connectivity index (χ2v) is 6.06. The number of halogens is 2. The van der Waals surface area contributed by atoms with Crippen LogP contribution in [0.15, 0.2) is 46.9 Å². The SMILES string of the molecule is Cc1ccc(Br)c(C(=O)N(C)Cc2ccc(Cl)cc2)c1. The van der Waals surface area contributed by atoms with Gasteiger partial charge in [0, 0.05) is 23.1 Å². The number of hydrogen-bond acceptors (Lipinski definition) is 1. The van der Waals surface area contributed by atoms with Gasteiger partial charge in [-0.3, -0.25) is 4.79 Å². The lowest BCUT2D eigenvalue weighted by Gasteiger charge is -2.18. The lowest BCUT2D eigenvalue weighted by Crippen LogP contribution is -2.26. The molecular formula is C16H15BrClNO. The number of carbonyl (C=O) groups excluding carboxylic acids is 1. The van der Waals surface area contributed by atoms with Crippen molar-refractivity contribution in [3.05, 3.63) is 68.7 Å². The highest BCUT2D eigenvalue weighted by Crippen LogP contribution is 2.20. The lowest BCUT2D eigenvalue weighted by molar-refractivity contribution is 0.0784. The second kappa shape index (κ2) is 6.42. The van der Waals surface area contributed by atoms with Crippen LogP contribution in [0.4, 0.5) is 0 Å². The van der Waals surface area contributed by atoms with Gasteiger partial charge in [0.2, 0.25) is 0 Å². The van der Waals surface area contributed by atoms with Crippen molar-refractivity contribution in [2.45, 2.75) is 13.5 Å². The molecule has 2 aromatic rings. The summed E-state index contributed by atoms with van der Waals surface area (Å²) in [5, 5.41) is 0.698. The van der Waals surface area contributed by atoms with Gasteiger partial charge < -0.3 is 4.90 Å². The quantitative estimate of drug-likeness (QED) is 0.785. The van der Waals surface area contributed by atoms with Crippen molar-refractivity contribution in [2.24, 2.45) is 0 Å². The molecule has 0 aromatic heterocycles. The Bertz CT molecular complexity index is 625. The highest BCUT2D eigenvalue weighted by atomic mass is 79.9. The minimum absolute atomic E-state index is 0.00414. The topological polar surface area (TPSA) is 20.3 Å². The van der Waals surface area contributed by atoms with Gasteiger partial charge in [0.25, 0.3) is 5.91 Å². The summed E-state index contributed by atoms with van der Waals surface area (Å²) in [4.78, 5) is 14.2. The molecule has 0 spiro atoms. The van der Waals surface area contributed by atoms with Gasteiger partial charge in [-0.2, -0.15) is 0 Å². The molecule has 0 saturated carbocycles. The van der Waals surface area contributed by atoms with Crippen LogP contribution < -0.4 is 0 Å². The first kappa shape index (κ1) is 15.1. The third kappa shape index (κ3) is 3.62. The second-order valence-electron chi connectivity index (χ2n) is 4.77. The van der Waals surface area contributed by atoms with Crippen LogP contribution in [0.3, 0.4) is 0 Å². The van der Waals surface area contributed by atoms with Crippen molar-refractivity contribution in [2.75, 3.05) is 7.05 Å². The van der Waals surface area contributed by atoms with Crippen molar-refractivity contribution in [3.63, 3.8) is 0 Å². The van der Waals surface area contributed by atoms with Crippen molar-refractivity contribution in [1.82, 2.24) is 4.90 Å². The van der Waals surface area contributed by atoms with E-state index >= 15 is 0 Å². The number of nitrogens with zero attached hydrogens (tertiary/aromatic N) is 1. The molecule has 2 rings (SSSR count). The summed E-state index contributed by atoms with van der Waals surface area (Å²) in [5.74, 6) is -0.00414. The van der Waals surface area contributed by atoms with Gasteiger partial charge in [0.15, 0.2) is 0 Å². The number of amides is 1. The fourth-order valence-corrected chi connectivity index (χ4v) is 2.49. The normalized spacial score (nSPS) is 10.4. The minimum Gasteiger partial charge on any atom is -0.337 e. The zero-order valence-electron chi connectivity index (χ0n) is 11.4. The first-order valence-electron chi connectivity index (χ1n) is 6.23. The molecule has 2 aromatic carbocycles. The molecule has 0 radical (unpaired) electrons. The number of carbonyl (C=O) groups is 1. The minimum atomic E-state index is -0.00414. The van der Waals surface area contributed by atoms with Crippen molar-refractivity contribution in [3.8, 4) is 0 Å². The van der Waals surface area contributed by atoms with E-state index in [9.17, 15) is 4.79 Å². The zero-order valence-corrected chi connectivity index (χ0v) is 13.7. The van der Waals surface area contributed by atoms with Gasteiger partial charge in [-0.15, -0.1) is 0 Å². The maximum atomic E-state index is 12.5. The molecular weight excluding hydrogens is 338 g/mol. The van der Waals surface area contributed by atoms with Crippen LogP contribution in [0.1, 0.15) is 21.5 Å². The van der Waals surface area contributed by atoms with Crippen LogP contribution in [0.25, 0.3) is 0 Å². The Morgan fingerprint density at radius 2 is 1.85 bits per heavy atom. The molecule has 4 heteroatoms. The van der Waals surface area contributed by atoms with E-state index in [2.05, 4.69) is 15.9 Å². The van der Waals surface area contributed by atoms with E-state index in [-0.39, 0.29) is 5.91 Å². The maximum Gasteiger partial charge on any atom is 0.255 e. The van der Waals surface area contributed by atoms with E-state index in [1.165, 1.54) is 0 Å². The Balaban J connectivity index is 2.16. The molecule has 0 aliphatic rings. The number of hydrogen-bond donors (Lipinski definition) is 0. The molecule has 0 fully saturated rings. The Kier molecular flexibility index (Phi) is 4.84. The summed E-state index contributed by atoms with van der Waals surface area (Å²) in [6.45, 7) is 2.53. The molecule has 0 aliphatic heterocycles. The Labute approximate surface area is 132 Å². The van der Waals surface area contributed by atoms with Crippen LogP contribution in [0.5, 0.6) is 0 Å². The summed E-state index contributed by atoms with van der Waals surface area (Å²) in [5.41, 5.74) is 2.80. The van der Waals surface area contributed by atoms with Gasteiger partial charge in [-0.1, -0.05) is 35.4 Å². The summed E-state index contributed by atoms with van der Waals surface area (Å²) >= 11 is 9.29. The van der Waals surface area contributed by atoms with E-state index in [0.29, 0.717) is 17.1 Å². The Morgan fingerprint density at radius 1 is 1.20 bits per heavy atom. The third-order valence-corrected chi connectivity index (χ3v) is 3.98. The molecule has 0 aliphatic carbocycles. The molecule has 0 N–H and O–H groups in total. The highest BCUT2D eigenvalue weighted by molar-refractivity contribution is 9.10. The summed E-state index contributed by atoms with van der Waals surface area (Å²) in [6.07, 6.45) is 0. The van der Waals surface area contributed by atoms with Crippen LogP contribution in [0.2, 0.25) is 5.02 Å². The first-order valence-corrected chi connectivity index (χ1v) is 7.40. The van der Waals surface area contributed by atoms with Crippen molar-refractivity contribution in [1.29, 1.82) is 0 Å².